The second kappa shape index (κ2) is 3.42. The molecule has 3 atom stereocenters. The van der Waals surface area contributed by atoms with Gasteiger partial charge in [0.25, 0.3) is 0 Å². The molecule has 0 spiro atoms. The van der Waals surface area contributed by atoms with E-state index in [9.17, 15) is 4.79 Å². The summed E-state index contributed by atoms with van der Waals surface area (Å²) in [5.41, 5.74) is 1.17. The molecule has 1 heterocycles. The van der Waals surface area contributed by atoms with Crippen LogP contribution >= 0.6 is 0 Å². The van der Waals surface area contributed by atoms with E-state index in [0.717, 1.165) is 0 Å². The molecular weight excluding hydrogens is 178 g/mol. The van der Waals surface area contributed by atoms with Crippen molar-refractivity contribution in [1.29, 1.82) is 0 Å². The number of hydrogen-bond donors (Lipinski definition) is 0. The van der Waals surface area contributed by atoms with E-state index in [1.165, 1.54) is 12.7 Å². The van der Waals surface area contributed by atoms with Gasteiger partial charge >= 0.3 is 5.97 Å². The zero-order valence-corrected chi connectivity index (χ0v) is 8.31. The SMILES string of the molecule is COC(=O)[C@@H]1[C@@H](c2ccccc2)N1C. The number of nitrogens with zero attached hydrogens (tertiary/aromatic N) is 1. The van der Waals surface area contributed by atoms with Gasteiger partial charge in [-0.05, 0) is 12.6 Å². The van der Waals surface area contributed by atoms with Gasteiger partial charge in [0.1, 0.15) is 6.04 Å². The normalized spacial score (nSPS) is 29.7. The molecule has 0 aromatic heterocycles. The van der Waals surface area contributed by atoms with E-state index in [1.54, 1.807) is 0 Å². The summed E-state index contributed by atoms with van der Waals surface area (Å²) < 4.78 is 4.72. The van der Waals surface area contributed by atoms with Crippen molar-refractivity contribution in [3.05, 3.63) is 35.9 Å². The van der Waals surface area contributed by atoms with Crippen LogP contribution in [0.25, 0.3) is 0 Å². The average Bonchev–Trinajstić information content (AvgIpc) is 2.90. The highest BCUT2D eigenvalue weighted by molar-refractivity contribution is 5.80. The molecule has 1 aliphatic rings. The van der Waals surface area contributed by atoms with Crippen molar-refractivity contribution in [2.24, 2.45) is 0 Å². The Morgan fingerprint density at radius 2 is 2.00 bits per heavy atom. The second-order valence-electron chi connectivity index (χ2n) is 3.49. The third-order valence-electron chi connectivity index (χ3n) is 2.67. The molecule has 0 saturated carbocycles. The zero-order chi connectivity index (χ0) is 10.1. The quantitative estimate of drug-likeness (QED) is 0.520. The largest absolute Gasteiger partial charge is 0.468 e. The Labute approximate surface area is 83.3 Å². The molecule has 3 heteroatoms. The Kier molecular flexibility index (Phi) is 2.25. The molecular formula is C11H13NO2. The van der Waals surface area contributed by atoms with E-state index in [4.69, 9.17) is 4.74 Å². The van der Waals surface area contributed by atoms with Crippen LogP contribution in [0.15, 0.2) is 30.3 Å². The Bertz CT molecular complexity index is 336. The number of hydrogen-bond acceptors (Lipinski definition) is 3. The van der Waals surface area contributed by atoms with Crippen molar-refractivity contribution in [1.82, 2.24) is 4.90 Å². The van der Waals surface area contributed by atoms with Gasteiger partial charge in [-0.15, -0.1) is 0 Å². The van der Waals surface area contributed by atoms with Crippen molar-refractivity contribution >= 4 is 5.97 Å². The van der Waals surface area contributed by atoms with Crippen molar-refractivity contribution in [3.63, 3.8) is 0 Å². The van der Waals surface area contributed by atoms with Gasteiger partial charge in [0.15, 0.2) is 0 Å². The van der Waals surface area contributed by atoms with Gasteiger partial charge in [0, 0.05) is 0 Å². The van der Waals surface area contributed by atoms with E-state index in [-0.39, 0.29) is 18.1 Å². The Morgan fingerprint density at radius 1 is 1.36 bits per heavy atom. The number of benzene rings is 1. The van der Waals surface area contributed by atoms with Crippen LogP contribution in [-0.2, 0) is 9.53 Å². The lowest BCUT2D eigenvalue weighted by atomic mass is 10.1. The summed E-state index contributed by atoms with van der Waals surface area (Å²) in [6.45, 7) is 0. The van der Waals surface area contributed by atoms with E-state index >= 15 is 0 Å². The molecule has 1 aromatic rings. The van der Waals surface area contributed by atoms with Crippen molar-refractivity contribution < 1.29 is 9.53 Å². The summed E-state index contributed by atoms with van der Waals surface area (Å²) in [5, 5.41) is 0. The average molecular weight is 191 g/mol. The fraction of sp³-hybridized carbons (Fsp3) is 0.364. The fourth-order valence-corrected chi connectivity index (χ4v) is 1.82. The minimum absolute atomic E-state index is 0.0950. The standard InChI is InChI=1S/C11H13NO2/c1-12-9(10(12)11(13)14-2)8-6-4-3-5-7-8/h3-7,9-10H,1-2H3/t9-,10+,12?/m1/s1. The van der Waals surface area contributed by atoms with Gasteiger partial charge in [0.2, 0.25) is 0 Å². The topological polar surface area (TPSA) is 29.3 Å². The highest BCUT2D eigenvalue weighted by Crippen LogP contribution is 2.41. The third-order valence-corrected chi connectivity index (χ3v) is 2.67. The van der Waals surface area contributed by atoms with Gasteiger partial charge in [0.05, 0.1) is 13.2 Å². The molecule has 2 rings (SSSR count). The molecule has 0 radical (unpaired) electrons. The number of ether oxygens (including phenoxy) is 1. The summed E-state index contributed by atoms with van der Waals surface area (Å²) >= 11 is 0. The Balaban J connectivity index is 2.13. The molecule has 1 aromatic carbocycles. The molecule has 0 N–H and O–H groups in total. The van der Waals surface area contributed by atoms with Crippen LogP contribution in [0.4, 0.5) is 0 Å². The highest BCUT2D eigenvalue weighted by atomic mass is 16.5. The van der Waals surface area contributed by atoms with E-state index in [2.05, 4.69) is 0 Å². The lowest BCUT2D eigenvalue weighted by Crippen LogP contribution is -2.12. The first-order valence-electron chi connectivity index (χ1n) is 4.60. The van der Waals surface area contributed by atoms with E-state index < -0.39 is 0 Å². The lowest BCUT2D eigenvalue weighted by molar-refractivity contribution is -0.140. The third kappa shape index (κ3) is 1.40. The predicted octanol–water partition coefficient (Wildman–Crippen LogP) is 1.21. The summed E-state index contributed by atoms with van der Waals surface area (Å²) in [4.78, 5) is 13.3. The first-order chi connectivity index (χ1) is 6.75. The van der Waals surface area contributed by atoms with Crippen LogP contribution in [0.3, 0.4) is 0 Å². The van der Waals surface area contributed by atoms with Crippen LogP contribution in [0.1, 0.15) is 11.6 Å². The highest BCUT2D eigenvalue weighted by Gasteiger charge is 2.51. The Morgan fingerprint density at radius 3 is 2.57 bits per heavy atom. The van der Waals surface area contributed by atoms with Crippen LogP contribution in [-0.4, -0.2) is 31.1 Å². The molecule has 74 valence electrons. The number of rotatable bonds is 2. The summed E-state index contributed by atoms with van der Waals surface area (Å²) in [6, 6.07) is 10.1. The molecule has 14 heavy (non-hydrogen) atoms. The molecule has 0 amide bonds. The first kappa shape index (κ1) is 9.21. The number of esters is 1. The van der Waals surface area contributed by atoms with Crippen LogP contribution in [0.5, 0.6) is 0 Å². The van der Waals surface area contributed by atoms with Crippen LogP contribution in [0.2, 0.25) is 0 Å². The van der Waals surface area contributed by atoms with Crippen molar-refractivity contribution in [2.75, 3.05) is 14.2 Å². The van der Waals surface area contributed by atoms with E-state index in [0.29, 0.717) is 0 Å². The van der Waals surface area contributed by atoms with Gasteiger partial charge < -0.3 is 4.74 Å². The van der Waals surface area contributed by atoms with Gasteiger partial charge in [-0.1, -0.05) is 30.3 Å². The monoisotopic (exact) mass is 191 g/mol. The lowest BCUT2D eigenvalue weighted by Gasteiger charge is -1.96. The molecule has 1 saturated heterocycles. The first-order valence-corrected chi connectivity index (χ1v) is 4.60. The number of carbonyl (C=O) groups excluding carboxylic acids is 1. The molecule has 3 nitrogen and oxygen atoms in total. The minimum Gasteiger partial charge on any atom is -0.468 e. The summed E-state index contributed by atoms with van der Waals surface area (Å²) in [6.07, 6.45) is 0. The summed E-state index contributed by atoms with van der Waals surface area (Å²) in [5.74, 6) is -0.152. The van der Waals surface area contributed by atoms with Gasteiger partial charge in [-0.2, -0.15) is 0 Å². The van der Waals surface area contributed by atoms with Crippen LogP contribution < -0.4 is 0 Å². The number of likely N-dealkylation sites (N-methyl/N-ethyl adjacent to an activating group) is 1. The van der Waals surface area contributed by atoms with Crippen molar-refractivity contribution in [3.8, 4) is 0 Å². The maximum Gasteiger partial charge on any atom is 0.325 e. The maximum absolute atomic E-state index is 11.3. The van der Waals surface area contributed by atoms with Crippen molar-refractivity contribution in [2.45, 2.75) is 12.1 Å². The fourth-order valence-electron chi connectivity index (χ4n) is 1.82. The summed E-state index contributed by atoms with van der Waals surface area (Å²) in [7, 11) is 3.36. The van der Waals surface area contributed by atoms with E-state index in [1.807, 2.05) is 42.3 Å². The van der Waals surface area contributed by atoms with Gasteiger partial charge in [-0.25, -0.2) is 0 Å². The molecule has 1 unspecified atom stereocenters. The second-order valence-corrected chi connectivity index (χ2v) is 3.49. The van der Waals surface area contributed by atoms with Crippen LogP contribution in [0, 0.1) is 0 Å². The predicted molar refractivity (Wildman–Crippen MR) is 52.8 cm³/mol. The molecule has 1 fully saturated rings. The maximum atomic E-state index is 11.3. The molecule has 0 bridgehead atoms. The number of carbonyl (C=O) groups is 1. The molecule has 1 aliphatic heterocycles. The smallest absolute Gasteiger partial charge is 0.325 e. The molecule has 0 aliphatic carbocycles. The zero-order valence-electron chi connectivity index (χ0n) is 8.31. The Hall–Kier alpha value is -1.35. The minimum atomic E-state index is -0.152. The number of methoxy groups -OCH3 is 1. The van der Waals surface area contributed by atoms with Gasteiger partial charge in [-0.3, -0.25) is 9.69 Å².